The van der Waals surface area contributed by atoms with Crippen molar-refractivity contribution in [2.45, 2.75) is 0 Å². The molecule has 1 heterocycles. The number of halogens is 1. The van der Waals surface area contributed by atoms with E-state index in [-0.39, 0.29) is 6.79 Å². The first kappa shape index (κ1) is 18.2. The van der Waals surface area contributed by atoms with Crippen molar-refractivity contribution in [1.82, 2.24) is 0 Å². The van der Waals surface area contributed by atoms with Gasteiger partial charge in [0.15, 0.2) is 6.79 Å². The maximum atomic E-state index is 12.1. The van der Waals surface area contributed by atoms with Crippen LogP contribution in [0.2, 0.25) is 0 Å². The predicted molar refractivity (Wildman–Crippen MR) is 101 cm³/mol. The Bertz CT molecular complexity index is 876. The van der Waals surface area contributed by atoms with Crippen molar-refractivity contribution in [2.24, 2.45) is 0 Å². The van der Waals surface area contributed by atoms with E-state index in [1.54, 1.807) is 31.3 Å². The molecule has 1 aliphatic rings. The third-order valence-corrected chi connectivity index (χ3v) is 4.33. The number of hydrogen-bond acceptors (Lipinski definition) is 5. The molecule has 7 heteroatoms. The van der Waals surface area contributed by atoms with Gasteiger partial charge in [-0.05, 0) is 42.0 Å². The topological polar surface area (TPSA) is 65.1 Å². The van der Waals surface area contributed by atoms with E-state index >= 15 is 0 Å². The zero-order valence-electron chi connectivity index (χ0n) is 14.2. The van der Waals surface area contributed by atoms with Gasteiger partial charge >= 0.3 is 12.1 Å². The summed E-state index contributed by atoms with van der Waals surface area (Å²) in [6.07, 6.45) is 1.26. The molecule has 0 unspecified atom stereocenters. The summed E-state index contributed by atoms with van der Waals surface area (Å²) in [4.78, 5) is 25.6. The maximum Gasteiger partial charge on any atom is 0.419 e. The highest BCUT2D eigenvalue weighted by Crippen LogP contribution is 2.35. The standard InChI is InChI=1S/C19H16BrNO5/c1-21-16-8-5-13(18(22)25-11-24-2)10-15(16)17(26-19(21)23)9-12-3-6-14(20)7-4-12/h3-10H,11H2,1-2H3/b17-9-. The van der Waals surface area contributed by atoms with Crippen LogP contribution in [-0.4, -0.2) is 33.0 Å². The quantitative estimate of drug-likeness (QED) is 0.548. The molecule has 2 aromatic carbocycles. The number of amides is 1. The average molecular weight is 418 g/mol. The second-order valence-corrected chi connectivity index (χ2v) is 6.47. The van der Waals surface area contributed by atoms with Crippen molar-refractivity contribution in [3.63, 3.8) is 0 Å². The lowest BCUT2D eigenvalue weighted by Crippen LogP contribution is -2.31. The number of rotatable bonds is 4. The molecule has 1 aliphatic heterocycles. The molecule has 0 aromatic heterocycles. The average Bonchev–Trinajstić information content (AvgIpc) is 2.65. The Hall–Kier alpha value is -2.64. The molecular formula is C19H16BrNO5. The Balaban J connectivity index is 2.03. The van der Waals surface area contributed by atoms with Crippen molar-refractivity contribution in [1.29, 1.82) is 0 Å². The fourth-order valence-electron chi connectivity index (χ4n) is 2.48. The van der Waals surface area contributed by atoms with E-state index in [1.165, 1.54) is 12.0 Å². The molecule has 6 nitrogen and oxygen atoms in total. The Morgan fingerprint density at radius 2 is 1.96 bits per heavy atom. The fourth-order valence-corrected chi connectivity index (χ4v) is 2.75. The molecule has 0 aliphatic carbocycles. The number of ether oxygens (including phenoxy) is 3. The SMILES string of the molecule is COCOC(=O)c1ccc2c(c1)/C(=C/c1ccc(Br)cc1)OC(=O)N2C. The van der Waals surface area contributed by atoms with Gasteiger partial charge in [0.25, 0.3) is 0 Å². The predicted octanol–water partition coefficient (Wildman–Crippen LogP) is 4.29. The number of hydrogen-bond donors (Lipinski definition) is 0. The summed E-state index contributed by atoms with van der Waals surface area (Å²) >= 11 is 3.39. The summed E-state index contributed by atoms with van der Waals surface area (Å²) < 4.78 is 16.1. The zero-order chi connectivity index (χ0) is 18.7. The number of cyclic esters (lactones) is 1. The number of methoxy groups -OCH3 is 1. The van der Waals surface area contributed by atoms with Gasteiger partial charge in [-0.25, -0.2) is 9.59 Å². The third-order valence-electron chi connectivity index (χ3n) is 3.81. The summed E-state index contributed by atoms with van der Waals surface area (Å²) in [5, 5.41) is 0. The van der Waals surface area contributed by atoms with E-state index in [4.69, 9.17) is 14.2 Å². The summed E-state index contributed by atoms with van der Waals surface area (Å²) in [6.45, 7) is -0.133. The number of carbonyl (C=O) groups is 2. The Labute approximate surface area is 159 Å². The monoisotopic (exact) mass is 417 g/mol. The van der Waals surface area contributed by atoms with E-state index in [0.29, 0.717) is 22.6 Å². The molecule has 0 radical (unpaired) electrons. The number of nitrogens with zero attached hydrogens (tertiary/aromatic N) is 1. The van der Waals surface area contributed by atoms with Gasteiger partial charge in [-0.3, -0.25) is 4.90 Å². The molecule has 2 aromatic rings. The molecular weight excluding hydrogens is 402 g/mol. The molecule has 0 atom stereocenters. The first-order chi connectivity index (χ1) is 12.5. The van der Waals surface area contributed by atoms with Gasteiger partial charge in [-0.2, -0.15) is 0 Å². The van der Waals surface area contributed by atoms with E-state index < -0.39 is 12.1 Å². The molecule has 0 N–H and O–H groups in total. The van der Waals surface area contributed by atoms with Crippen LogP contribution in [0.3, 0.4) is 0 Å². The number of anilines is 1. The van der Waals surface area contributed by atoms with Crippen LogP contribution < -0.4 is 4.90 Å². The Morgan fingerprint density at radius 1 is 1.23 bits per heavy atom. The zero-order valence-corrected chi connectivity index (χ0v) is 15.8. The normalized spacial score (nSPS) is 14.8. The van der Waals surface area contributed by atoms with Crippen LogP contribution in [0.4, 0.5) is 10.5 Å². The van der Waals surface area contributed by atoms with Crippen LogP contribution >= 0.6 is 15.9 Å². The highest BCUT2D eigenvalue weighted by atomic mass is 79.9. The lowest BCUT2D eigenvalue weighted by Gasteiger charge is -2.27. The number of fused-ring (bicyclic) bond motifs is 1. The van der Waals surface area contributed by atoms with Gasteiger partial charge in [0.2, 0.25) is 0 Å². The van der Waals surface area contributed by atoms with Crippen LogP contribution in [0.1, 0.15) is 21.5 Å². The highest BCUT2D eigenvalue weighted by molar-refractivity contribution is 9.10. The van der Waals surface area contributed by atoms with Gasteiger partial charge < -0.3 is 14.2 Å². The van der Waals surface area contributed by atoms with E-state index in [9.17, 15) is 9.59 Å². The smallest absolute Gasteiger partial charge is 0.419 e. The molecule has 0 spiro atoms. The molecule has 0 saturated heterocycles. The lowest BCUT2D eigenvalue weighted by atomic mass is 10.0. The van der Waals surface area contributed by atoms with E-state index in [1.807, 2.05) is 24.3 Å². The first-order valence-corrected chi connectivity index (χ1v) is 8.52. The second kappa shape index (κ2) is 7.72. The maximum absolute atomic E-state index is 12.1. The summed E-state index contributed by atoms with van der Waals surface area (Å²) in [7, 11) is 3.05. The molecule has 134 valence electrons. The first-order valence-electron chi connectivity index (χ1n) is 7.73. The van der Waals surface area contributed by atoms with Crippen LogP contribution in [-0.2, 0) is 14.2 Å². The number of benzene rings is 2. The van der Waals surface area contributed by atoms with Gasteiger partial charge in [-0.1, -0.05) is 28.1 Å². The molecule has 26 heavy (non-hydrogen) atoms. The number of carbonyl (C=O) groups excluding carboxylic acids is 2. The van der Waals surface area contributed by atoms with Crippen LogP contribution in [0.5, 0.6) is 0 Å². The minimum absolute atomic E-state index is 0.133. The minimum Gasteiger partial charge on any atom is -0.435 e. The third kappa shape index (κ3) is 3.79. The van der Waals surface area contributed by atoms with Crippen molar-refractivity contribution < 1.29 is 23.8 Å². The summed E-state index contributed by atoms with van der Waals surface area (Å²) in [5.41, 5.74) is 2.47. The number of esters is 1. The van der Waals surface area contributed by atoms with Crippen LogP contribution in [0.15, 0.2) is 46.9 Å². The second-order valence-electron chi connectivity index (χ2n) is 5.56. The molecule has 0 fully saturated rings. The molecule has 0 saturated carbocycles. The molecule has 3 rings (SSSR count). The van der Waals surface area contributed by atoms with Gasteiger partial charge in [0.1, 0.15) is 5.76 Å². The summed E-state index contributed by atoms with van der Waals surface area (Å²) in [6, 6.07) is 12.5. The van der Waals surface area contributed by atoms with Crippen molar-refractivity contribution in [3.8, 4) is 0 Å². The Kier molecular flexibility index (Phi) is 5.39. The van der Waals surface area contributed by atoms with E-state index in [2.05, 4.69) is 15.9 Å². The van der Waals surface area contributed by atoms with E-state index in [0.717, 1.165) is 10.0 Å². The van der Waals surface area contributed by atoms with Gasteiger partial charge in [0, 0.05) is 24.2 Å². The molecule has 0 bridgehead atoms. The highest BCUT2D eigenvalue weighted by Gasteiger charge is 2.27. The Morgan fingerprint density at radius 3 is 2.65 bits per heavy atom. The fraction of sp³-hybridized carbons (Fsp3) is 0.158. The van der Waals surface area contributed by atoms with Crippen molar-refractivity contribution in [3.05, 3.63) is 63.6 Å². The lowest BCUT2D eigenvalue weighted by molar-refractivity contribution is -0.0125. The van der Waals surface area contributed by atoms with Gasteiger partial charge in [-0.15, -0.1) is 0 Å². The van der Waals surface area contributed by atoms with Crippen molar-refractivity contribution >= 4 is 45.5 Å². The van der Waals surface area contributed by atoms with Crippen LogP contribution in [0.25, 0.3) is 11.8 Å². The minimum atomic E-state index is -0.516. The molecule has 1 amide bonds. The van der Waals surface area contributed by atoms with Crippen LogP contribution in [0, 0.1) is 0 Å². The van der Waals surface area contributed by atoms with Gasteiger partial charge in [0.05, 0.1) is 11.3 Å². The largest absolute Gasteiger partial charge is 0.435 e. The van der Waals surface area contributed by atoms with Crippen molar-refractivity contribution in [2.75, 3.05) is 25.9 Å². The summed E-state index contributed by atoms with van der Waals surface area (Å²) in [5.74, 6) is -0.149.